The summed E-state index contributed by atoms with van der Waals surface area (Å²) < 4.78 is 0. The first-order valence-corrected chi connectivity index (χ1v) is 12.8. The van der Waals surface area contributed by atoms with Gasteiger partial charge in [-0.2, -0.15) is 5.26 Å². The molecule has 0 saturated carbocycles. The van der Waals surface area contributed by atoms with Crippen LogP contribution < -0.4 is 15.5 Å². The van der Waals surface area contributed by atoms with Gasteiger partial charge in [-0.1, -0.05) is 32.9 Å². The lowest BCUT2D eigenvalue weighted by Crippen LogP contribution is -2.48. The zero-order chi connectivity index (χ0) is 25.6. The number of piperazine rings is 1. The Hall–Kier alpha value is -2.69. The van der Waals surface area contributed by atoms with E-state index in [-0.39, 0.29) is 16.8 Å². The van der Waals surface area contributed by atoms with Gasteiger partial charge in [-0.3, -0.25) is 4.90 Å². The predicted molar refractivity (Wildman–Crippen MR) is 145 cm³/mol. The van der Waals surface area contributed by atoms with Crippen molar-refractivity contribution in [2.24, 2.45) is 5.41 Å². The van der Waals surface area contributed by atoms with Gasteiger partial charge in [0.25, 0.3) is 0 Å². The van der Waals surface area contributed by atoms with E-state index in [1.54, 1.807) is 6.20 Å². The van der Waals surface area contributed by atoms with Gasteiger partial charge in [-0.25, -0.2) is 9.97 Å². The van der Waals surface area contributed by atoms with E-state index >= 15 is 0 Å². The van der Waals surface area contributed by atoms with E-state index in [0.29, 0.717) is 12.6 Å². The number of benzene rings is 1. The smallest absolute Gasteiger partial charge is 0.234 e. The van der Waals surface area contributed by atoms with E-state index < -0.39 is 0 Å². The van der Waals surface area contributed by atoms with Crippen LogP contribution in [0.25, 0.3) is 0 Å². The first-order chi connectivity index (χ1) is 16.5. The topological polar surface area (TPSA) is 80.1 Å². The average Bonchev–Trinajstić information content (AvgIpc) is 2.81. The lowest BCUT2D eigenvalue weighted by molar-refractivity contribution is 0.209. The fourth-order valence-corrected chi connectivity index (χ4v) is 4.32. The van der Waals surface area contributed by atoms with E-state index in [1.165, 1.54) is 11.3 Å². The summed E-state index contributed by atoms with van der Waals surface area (Å²) in [5.74, 6) is 0.923. The van der Waals surface area contributed by atoms with Crippen LogP contribution in [0, 0.1) is 16.7 Å². The third-order valence-corrected chi connectivity index (χ3v) is 6.50. The molecule has 0 spiro atoms. The van der Waals surface area contributed by atoms with Crippen LogP contribution in [-0.2, 0) is 13.0 Å². The molecule has 0 radical (unpaired) electrons. The molecule has 0 bridgehead atoms. The van der Waals surface area contributed by atoms with Crippen LogP contribution in [-0.4, -0.2) is 59.2 Å². The minimum atomic E-state index is -0.112. The second-order valence-electron chi connectivity index (χ2n) is 11.8. The van der Waals surface area contributed by atoms with Crippen molar-refractivity contribution in [3.8, 4) is 6.07 Å². The number of rotatable bonds is 9. The van der Waals surface area contributed by atoms with E-state index in [9.17, 15) is 5.26 Å². The second-order valence-corrected chi connectivity index (χ2v) is 11.8. The number of nitrogens with zero attached hydrogens (tertiary/aromatic N) is 5. The van der Waals surface area contributed by atoms with Crippen LogP contribution in [0.4, 0.5) is 11.5 Å². The molecule has 0 aliphatic carbocycles. The molecule has 0 unspecified atom stereocenters. The molecule has 7 heteroatoms. The molecule has 190 valence electrons. The second kappa shape index (κ2) is 11.4. The van der Waals surface area contributed by atoms with Gasteiger partial charge >= 0.3 is 0 Å². The standard InChI is InChI=1S/C28H43N7/c1-21(2)34-12-14-35(15-13-34)24-10-8-22(9-11-24)16-28(6,7)32-19-23-18-30-25(17-29)33-26(23)31-20-27(3,4)5/h8-11,18,21,32H,12-16,19-20H2,1-7H3,(H,30,31,33). The van der Waals surface area contributed by atoms with Gasteiger partial charge in [0.2, 0.25) is 5.82 Å². The minimum absolute atomic E-state index is 0.107. The molecule has 2 aromatic rings. The van der Waals surface area contributed by atoms with Crippen LogP contribution in [0.5, 0.6) is 0 Å². The first-order valence-electron chi connectivity index (χ1n) is 12.8. The normalized spacial score (nSPS) is 15.3. The maximum Gasteiger partial charge on any atom is 0.234 e. The van der Waals surface area contributed by atoms with Gasteiger partial charge in [0.05, 0.1) is 0 Å². The molecule has 0 amide bonds. The molecule has 0 atom stereocenters. The Morgan fingerprint density at radius 1 is 1.03 bits per heavy atom. The highest BCUT2D eigenvalue weighted by atomic mass is 15.3. The van der Waals surface area contributed by atoms with Gasteiger partial charge in [0.1, 0.15) is 11.9 Å². The molecule has 3 rings (SSSR count). The number of anilines is 2. The van der Waals surface area contributed by atoms with Gasteiger partial charge in [0.15, 0.2) is 0 Å². The molecular formula is C28H43N7. The van der Waals surface area contributed by atoms with Crippen molar-refractivity contribution in [1.29, 1.82) is 5.26 Å². The fourth-order valence-electron chi connectivity index (χ4n) is 4.32. The molecule has 2 heterocycles. The molecule has 1 aliphatic rings. The van der Waals surface area contributed by atoms with Gasteiger partial charge < -0.3 is 15.5 Å². The van der Waals surface area contributed by atoms with E-state index in [2.05, 4.69) is 103 Å². The molecule has 1 aliphatic heterocycles. The maximum atomic E-state index is 9.22. The molecule has 2 N–H and O–H groups in total. The summed E-state index contributed by atoms with van der Waals surface area (Å²) in [6.45, 7) is 21.3. The van der Waals surface area contributed by atoms with Crippen molar-refractivity contribution in [2.75, 3.05) is 42.9 Å². The Morgan fingerprint density at radius 3 is 2.26 bits per heavy atom. The summed E-state index contributed by atoms with van der Waals surface area (Å²) in [5.41, 5.74) is 3.59. The summed E-state index contributed by atoms with van der Waals surface area (Å²) in [5, 5.41) is 16.3. The third-order valence-electron chi connectivity index (χ3n) is 6.50. The van der Waals surface area contributed by atoms with Gasteiger partial charge in [-0.05, 0) is 57.2 Å². The highest BCUT2D eigenvalue weighted by molar-refractivity contribution is 5.48. The average molecular weight is 478 g/mol. The van der Waals surface area contributed by atoms with Crippen molar-refractivity contribution in [2.45, 2.75) is 73.0 Å². The van der Waals surface area contributed by atoms with Crippen molar-refractivity contribution < 1.29 is 0 Å². The Bertz CT molecular complexity index is 991. The van der Waals surface area contributed by atoms with E-state index in [1.807, 2.05) is 6.07 Å². The van der Waals surface area contributed by atoms with Crippen molar-refractivity contribution in [3.05, 3.63) is 47.4 Å². The number of nitriles is 1. The van der Waals surface area contributed by atoms with Crippen molar-refractivity contribution in [3.63, 3.8) is 0 Å². The van der Waals surface area contributed by atoms with Crippen LogP contribution in [0.1, 0.15) is 65.4 Å². The fraction of sp³-hybridized carbons (Fsp3) is 0.607. The molecule has 1 fully saturated rings. The zero-order valence-corrected chi connectivity index (χ0v) is 22.6. The Kier molecular flexibility index (Phi) is 8.74. The van der Waals surface area contributed by atoms with Crippen LogP contribution in [0.2, 0.25) is 0 Å². The summed E-state index contributed by atoms with van der Waals surface area (Å²) in [4.78, 5) is 13.6. The highest BCUT2D eigenvalue weighted by Gasteiger charge is 2.21. The molecule has 1 aromatic heterocycles. The van der Waals surface area contributed by atoms with Gasteiger partial charge in [-0.15, -0.1) is 0 Å². The number of hydrogen-bond acceptors (Lipinski definition) is 7. The monoisotopic (exact) mass is 477 g/mol. The molecule has 1 saturated heterocycles. The SMILES string of the molecule is CC(C)N1CCN(c2ccc(CC(C)(C)NCc3cnc(C#N)nc3NCC(C)(C)C)cc2)CC1. The first kappa shape index (κ1) is 26.9. The lowest BCUT2D eigenvalue weighted by Gasteiger charge is -2.38. The summed E-state index contributed by atoms with van der Waals surface area (Å²) >= 11 is 0. The largest absolute Gasteiger partial charge is 0.369 e. The number of nitrogens with one attached hydrogen (secondary N) is 2. The van der Waals surface area contributed by atoms with Gasteiger partial charge in [0, 0.05) is 68.3 Å². The summed E-state index contributed by atoms with van der Waals surface area (Å²) in [6.07, 6.45) is 2.67. The third kappa shape index (κ3) is 8.19. The van der Waals surface area contributed by atoms with E-state index in [0.717, 1.165) is 50.5 Å². The Labute approximate surface area is 212 Å². The number of aromatic nitrogens is 2. The zero-order valence-electron chi connectivity index (χ0n) is 22.6. The van der Waals surface area contributed by atoms with Crippen LogP contribution in [0.3, 0.4) is 0 Å². The molecular weight excluding hydrogens is 434 g/mol. The van der Waals surface area contributed by atoms with Crippen LogP contribution >= 0.6 is 0 Å². The van der Waals surface area contributed by atoms with Crippen molar-refractivity contribution in [1.82, 2.24) is 20.2 Å². The Morgan fingerprint density at radius 2 is 1.69 bits per heavy atom. The Balaban J connectivity index is 1.59. The predicted octanol–water partition coefficient (Wildman–Crippen LogP) is 4.45. The summed E-state index contributed by atoms with van der Waals surface area (Å²) in [6, 6.07) is 11.7. The quantitative estimate of drug-likeness (QED) is 0.552. The maximum absolute atomic E-state index is 9.22. The minimum Gasteiger partial charge on any atom is -0.369 e. The molecule has 1 aromatic carbocycles. The molecule has 7 nitrogen and oxygen atoms in total. The lowest BCUT2D eigenvalue weighted by atomic mass is 9.94. The number of hydrogen-bond donors (Lipinski definition) is 2. The highest BCUT2D eigenvalue weighted by Crippen LogP contribution is 2.22. The summed E-state index contributed by atoms with van der Waals surface area (Å²) in [7, 11) is 0. The van der Waals surface area contributed by atoms with Crippen molar-refractivity contribution >= 4 is 11.5 Å². The van der Waals surface area contributed by atoms with Crippen LogP contribution in [0.15, 0.2) is 30.5 Å². The van der Waals surface area contributed by atoms with E-state index in [4.69, 9.17) is 0 Å². The molecule has 35 heavy (non-hydrogen) atoms.